The number of carbonyl (C=O) groups is 1. The Morgan fingerprint density at radius 3 is 2.66 bits per heavy atom. The molecule has 166 valence electrons. The van der Waals surface area contributed by atoms with Gasteiger partial charge in [0.2, 0.25) is 11.7 Å². The third-order valence-corrected chi connectivity index (χ3v) is 6.62. The lowest BCUT2D eigenvalue weighted by atomic mass is 10.2. The number of nitrogens with one attached hydrogen (secondary N) is 1. The smallest absolute Gasteiger partial charge is 0.262 e. The van der Waals surface area contributed by atoms with Crippen molar-refractivity contribution >= 4 is 51.6 Å². The molecule has 0 aliphatic rings. The highest BCUT2D eigenvalue weighted by molar-refractivity contribution is 8.00. The first-order chi connectivity index (χ1) is 15.5. The van der Waals surface area contributed by atoms with Gasteiger partial charge in [-0.05, 0) is 37.6 Å². The molecule has 1 unspecified atom stereocenters. The van der Waals surface area contributed by atoms with Gasteiger partial charge in [0.15, 0.2) is 5.16 Å². The van der Waals surface area contributed by atoms with E-state index in [9.17, 15) is 9.59 Å². The fourth-order valence-electron chi connectivity index (χ4n) is 3.54. The van der Waals surface area contributed by atoms with E-state index in [4.69, 9.17) is 11.6 Å². The van der Waals surface area contributed by atoms with E-state index in [1.807, 2.05) is 40.8 Å². The number of hydrogen-bond acceptors (Lipinski definition) is 5. The standard InChI is InChI=1S/C23H24ClN5O2S/c1-3-4-9-14-28-21(31)16-10-5-8-13-19(16)29-22(28)26-27-23(29)32-15(2)20(30)25-18-12-7-6-11-17(18)24/h5-8,10-13,15H,3-4,9,14H2,1-2H3,(H,25,30). The van der Waals surface area contributed by atoms with Crippen LogP contribution in [-0.4, -0.2) is 30.3 Å². The number of thioether (sulfide) groups is 1. The molecule has 7 nitrogen and oxygen atoms in total. The lowest BCUT2D eigenvalue weighted by Gasteiger charge is -2.13. The van der Waals surface area contributed by atoms with Crippen molar-refractivity contribution in [2.75, 3.05) is 5.32 Å². The van der Waals surface area contributed by atoms with Gasteiger partial charge in [-0.15, -0.1) is 10.2 Å². The molecule has 1 amide bonds. The summed E-state index contributed by atoms with van der Waals surface area (Å²) in [6.45, 7) is 4.50. The van der Waals surface area contributed by atoms with Crippen LogP contribution in [0, 0.1) is 0 Å². The zero-order chi connectivity index (χ0) is 22.7. The minimum Gasteiger partial charge on any atom is -0.324 e. The number of carbonyl (C=O) groups excluding carboxylic acids is 1. The van der Waals surface area contributed by atoms with Crippen molar-refractivity contribution in [3.8, 4) is 0 Å². The van der Waals surface area contributed by atoms with E-state index >= 15 is 0 Å². The third-order valence-electron chi connectivity index (χ3n) is 5.25. The number of hydrogen-bond donors (Lipinski definition) is 1. The van der Waals surface area contributed by atoms with Crippen molar-refractivity contribution in [3.63, 3.8) is 0 Å². The molecular formula is C23H24ClN5O2S. The average molecular weight is 470 g/mol. The summed E-state index contributed by atoms with van der Waals surface area (Å²) >= 11 is 7.45. The van der Waals surface area contributed by atoms with Gasteiger partial charge >= 0.3 is 0 Å². The molecule has 4 aromatic rings. The number of aromatic nitrogens is 4. The van der Waals surface area contributed by atoms with Crippen LogP contribution in [-0.2, 0) is 11.3 Å². The van der Waals surface area contributed by atoms with Gasteiger partial charge in [-0.2, -0.15) is 0 Å². The first-order valence-corrected chi connectivity index (χ1v) is 11.9. The second-order valence-corrected chi connectivity index (χ2v) is 9.24. The molecule has 0 radical (unpaired) electrons. The molecule has 1 N–H and O–H groups in total. The van der Waals surface area contributed by atoms with Gasteiger partial charge in [-0.3, -0.25) is 18.6 Å². The van der Waals surface area contributed by atoms with Crippen molar-refractivity contribution in [1.29, 1.82) is 0 Å². The highest BCUT2D eigenvalue weighted by Gasteiger charge is 2.22. The summed E-state index contributed by atoms with van der Waals surface area (Å²) in [6, 6.07) is 14.5. The van der Waals surface area contributed by atoms with Gasteiger partial charge in [-0.1, -0.05) is 67.4 Å². The van der Waals surface area contributed by atoms with Crippen molar-refractivity contribution < 1.29 is 4.79 Å². The monoisotopic (exact) mass is 469 g/mol. The lowest BCUT2D eigenvalue weighted by Crippen LogP contribution is -2.24. The van der Waals surface area contributed by atoms with Gasteiger partial charge in [0, 0.05) is 6.54 Å². The maximum Gasteiger partial charge on any atom is 0.262 e. The largest absolute Gasteiger partial charge is 0.324 e. The number of aryl methyl sites for hydroxylation is 1. The Morgan fingerprint density at radius 2 is 1.88 bits per heavy atom. The van der Waals surface area contributed by atoms with Gasteiger partial charge in [0.25, 0.3) is 5.56 Å². The average Bonchev–Trinajstić information content (AvgIpc) is 3.21. The number of rotatable bonds is 8. The summed E-state index contributed by atoms with van der Waals surface area (Å²) in [4.78, 5) is 25.9. The Labute approximate surface area is 194 Å². The molecule has 4 rings (SSSR count). The van der Waals surface area contributed by atoms with E-state index in [0.29, 0.717) is 33.6 Å². The SMILES string of the molecule is CCCCCn1c(=O)c2ccccc2n2c(SC(C)C(=O)Nc3ccccc3Cl)nnc12. The molecule has 9 heteroatoms. The number of para-hydroxylation sites is 2. The molecule has 2 aromatic carbocycles. The molecule has 2 heterocycles. The van der Waals surface area contributed by atoms with Crippen LogP contribution in [0.2, 0.25) is 5.02 Å². The van der Waals surface area contributed by atoms with Crippen molar-refractivity contribution in [3.05, 3.63) is 63.9 Å². The highest BCUT2D eigenvalue weighted by Crippen LogP contribution is 2.27. The Morgan fingerprint density at radius 1 is 1.12 bits per heavy atom. The number of halogens is 1. The van der Waals surface area contributed by atoms with Crippen LogP contribution >= 0.6 is 23.4 Å². The van der Waals surface area contributed by atoms with E-state index in [1.165, 1.54) is 11.8 Å². The zero-order valence-corrected chi connectivity index (χ0v) is 19.5. The maximum absolute atomic E-state index is 13.1. The second kappa shape index (κ2) is 9.75. The lowest BCUT2D eigenvalue weighted by molar-refractivity contribution is -0.115. The van der Waals surface area contributed by atoms with Crippen LogP contribution in [0.1, 0.15) is 33.1 Å². The number of unbranched alkanes of at least 4 members (excludes halogenated alkanes) is 2. The molecule has 0 saturated carbocycles. The third kappa shape index (κ3) is 4.38. The summed E-state index contributed by atoms with van der Waals surface area (Å²) in [6.07, 6.45) is 2.97. The predicted octanol–water partition coefficient (Wildman–Crippen LogP) is 5.01. The molecule has 32 heavy (non-hydrogen) atoms. The molecule has 0 aliphatic carbocycles. The van der Waals surface area contributed by atoms with Crippen molar-refractivity contribution in [2.24, 2.45) is 0 Å². The van der Waals surface area contributed by atoms with E-state index in [-0.39, 0.29) is 11.5 Å². The van der Waals surface area contributed by atoms with Crippen molar-refractivity contribution in [2.45, 2.75) is 50.1 Å². The van der Waals surface area contributed by atoms with Gasteiger partial charge in [0.05, 0.1) is 26.9 Å². The first kappa shape index (κ1) is 22.4. The second-order valence-electron chi connectivity index (χ2n) is 7.53. The summed E-state index contributed by atoms with van der Waals surface area (Å²) in [5.41, 5.74) is 1.22. The highest BCUT2D eigenvalue weighted by atomic mass is 35.5. The maximum atomic E-state index is 13.1. The number of fused-ring (bicyclic) bond motifs is 3. The van der Waals surface area contributed by atoms with E-state index < -0.39 is 5.25 Å². The summed E-state index contributed by atoms with van der Waals surface area (Å²) in [5.74, 6) is 0.298. The van der Waals surface area contributed by atoms with Crippen LogP contribution in [0.3, 0.4) is 0 Å². The molecule has 0 spiro atoms. The van der Waals surface area contributed by atoms with Crippen molar-refractivity contribution in [1.82, 2.24) is 19.2 Å². The normalized spacial score (nSPS) is 12.3. The molecular weight excluding hydrogens is 446 g/mol. The number of benzene rings is 2. The molecule has 0 saturated heterocycles. The quantitative estimate of drug-likeness (QED) is 0.290. The fourth-order valence-corrected chi connectivity index (χ4v) is 4.58. The summed E-state index contributed by atoms with van der Waals surface area (Å²) in [7, 11) is 0. The summed E-state index contributed by atoms with van der Waals surface area (Å²) in [5, 5.41) is 12.7. The molecule has 0 fully saturated rings. The molecule has 0 aliphatic heterocycles. The zero-order valence-electron chi connectivity index (χ0n) is 17.9. The van der Waals surface area contributed by atoms with Crippen LogP contribution in [0.4, 0.5) is 5.69 Å². The van der Waals surface area contributed by atoms with Crippen LogP contribution in [0.5, 0.6) is 0 Å². The topological polar surface area (TPSA) is 81.3 Å². The predicted molar refractivity (Wildman–Crippen MR) is 130 cm³/mol. The minimum absolute atomic E-state index is 0.0716. The number of amides is 1. The van der Waals surface area contributed by atoms with E-state index in [1.54, 1.807) is 23.6 Å². The van der Waals surface area contributed by atoms with Crippen LogP contribution in [0.15, 0.2) is 58.5 Å². The number of nitrogens with zero attached hydrogens (tertiary/aromatic N) is 4. The minimum atomic E-state index is -0.460. The fraction of sp³-hybridized carbons (Fsp3) is 0.304. The summed E-state index contributed by atoms with van der Waals surface area (Å²) < 4.78 is 3.55. The first-order valence-electron chi connectivity index (χ1n) is 10.6. The van der Waals surface area contributed by atoms with Gasteiger partial charge in [-0.25, -0.2) is 0 Å². The van der Waals surface area contributed by atoms with E-state index in [2.05, 4.69) is 22.4 Å². The van der Waals surface area contributed by atoms with Gasteiger partial charge in [0.1, 0.15) is 0 Å². The molecule has 1 atom stereocenters. The molecule has 0 bridgehead atoms. The Hall–Kier alpha value is -2.84. The number of anilines is 1. The van der Waals surface area contributed by atoms with Gasteiger partial charge < -0.3 is 5.32 Å². The Balaban J connectivity index is 1.69. The Kier molecular flexibility index (Phi) is 6.81. The Bertz CT molecular complexity index is 1330. The van der Waals surface area contributed by atoms with E-state index in [0.717, 1.165) is 24.8 Å². The van der Waals surface area contributed by atoms with Crippen LogP contribution in [0.25, 0.3) is 16.7 Å². The molecule has 2 aromatic heterocycles. The van der Waals surface area contributed by atoms with Crippen LogP contribution < -0.4 is 10.9 Å².